The minimum absolute atomic E-state index is 0.367. The van der Waals surface area contributed by atoms with Crippen molar-refractivity contribution in [1.82, 2.24) is 4.72 Å². The Kier molecular flexibility index (Phi) is 4.00. The topological polar surface area (TPSA) is 104 Å². The van der Waals surface area contributed by atoms with E-state index in [0.717, 1.165) is 0 Å². The number of aromatic carboxylic acids is 1. The van der Waals surface area contributed by atoms with Gasteiger partial charge in [-0.3, -0.25) is 0 Å². The monoisotopic (exact) mass is 321 g/mol. The first kappa shape index (κ1) is 15.8. The molecule has 1 aliphatic rings. The van der Waals surface area contributed by atoms with Crippen molar-refractivity contribution in [3.8, 4) is 0 Å². The molecular weight excluding hydrogens is 308 g/mol. The SMILES string of the molecule is O=C(O)c1cc(F)c(F)c(S(=O)(=O)NC2(CO)CCC2)c1. The Hall–Kier alpha value is -1.58. The number of halogens is 2. The molecule has 1 saturated carbocycles. The van der Waals surface area contributed by atoms with Gasteiger partial charge in [0.2, 0.25) is 10.0 Å². The summed E-state index contributed by atoms with van der Waals surface area (Å²) < 4.78 is 53.4. The third kappa shape index (κ3) is 2.89. The quantitative estimate of drug-likeness (QED) is 0.746. The fourth-order valence-electron chi connectivity index (χ4n) is 2.12. The van der Waals surface area contributed by atoms with Crippen LogP contribution >= 0.6 is 0 Å². The Morgan fingerprint density at radius 3 is 2.38 bits per heavy atom. The Morgan fingerprint density at radius 2 is 1.95 bits per heavy atom. The normalized spacial score (nSPS) is 17.3. The smallest absolute Gasteiger partial charge is 0.335 e. The number of aliphatic hydroxyl groups is 1. The fourth-order valence-corrected chi connectivity index (χ4v) is 3.68. The van der Waals surface area contributed by atoms with Gasteiger partial charge in [0.25, 0.3) is 0 Å². The highest BCUT2D eigenvalue weighted by Crippen LogP contribution is 2.33. The minimum Gasteiger partial charge on any atom is -0.478 e. The number of carboxylic acids is 1. The van der Waals surface area contributed by atoms with Crippen molar-refractivity contribution in [2.75, 3.05) is 6.61 Å². The van der Waals surface area contributed by atoms with E-state index < -0.39 is 50.2 Å². The maximum atomic E-state index is 13.7. The molecule has 0 unspecified atom stereocenters. The highest BCUT2D eigenvalue weighted by molar-refractivity contribution is 7.89. The van der Waals surface area contributed by atoms with Gasteiger partial charge in [0.15, 0.2) is 11.6 Å². The number of carbonyl (C=O) groups is 1. The van der Waals surface area contributed by atoms with Gasteiger partial charge < -0.3 is 10.2 Å². The maximum Gasteiger partial charge on any atom is 0.335 e. The number of carboxylic acid groups (broad SMARTS) is 1. The summed E-state index contributed by atoms with van der Waals surface area (Å²) >= 11 is 0. The van der Waals surface area contributed by atoms with Crippen molar-refractivity contribution in [2.24, 2.45) is 0 Å². The van der Waals surface area contributed by atoms with Gasteiger partial charge in [-0.05, 0) is 31.4 Å². The third-order valence-corrected chi connectivity index (χ3v) is 5.07. The summed E-state index contributed by atoms with van der Waals surface area (Å²) in [5.41, 5.74) is -1.78. The second kappa shape index (κ2) is 5.32. The summed E-state index contributed by atoms with van der Waals surface area (Å²) in [5, 5.41) is 18.0. The van der Waals surface area contributed by atoms with Crippen molar-refractivity contribution in [3.05, 3.63) is 29.3 Å². The third-order valence-electron chi connectivity index (χ3n) is 3.50. The number of nitrogens with one attached hydrogen (secondary N) is 1. The molecule has 0 bridgehead atoms. The molecule has 0 atom stereocenters. The molecule has 0 aromatic heterocycles. The second-order valence-corrected chi connectivity index (χ2v) is 6.62. The minimum atomic E-state index is -4.49. The van der Waals surface area contributed by atoms with Gasteiger partial charge in [0.05, 0.1) is 17.7 Å². The summed E-state index contributed by atoms with van der Waals surface area (Å²) in [5.74, 6) is -4.80. The average molecular weight is 321 g/mol. The number of sulfonamides is 1. The van der Waals surface area contributed by atoms with Crippen LogP contribution in [0.3, 0.4) is 0 Å². The van der Waals surface area contributed by atoms with Crippen LogP contribution in [0, 0.1) is 11.6 Å². The molecule has 1 aliphatic carbocycles. The van der Waals surface area contributed by atoms with Crippen LogP contribution in [0.25, 0.3) is 0 Å². The molecule has 21 heavy (non-hydrogen) atoms. The van der Waals surface area contributed by atoms with E-state index in [9.17, 15) is 27.1 Å². The highest BCUT2D eigenvalue weighted by Gasteiger charge is 2.41. The van der Waals surface area contributed by atoms with E-state index in [0.29, 0.717) is 31.4 Å². The van der Waals surface area contributed by atoms with E-state index in [1.807, 2.05) is 0 Å². The van der Waals surface area contributed by atoms with Crippen LogP contribution in [0.5, 0.6) is 0 Å². The Labute approximate surface area is 119 Å². The molecule has 0 spiro atoms. The summed E-state index contributed by atoms with van der Waals surface area (Å²) in [6.45, 7) is -0.477. The molecule has 1 aromatic carbocycles. The zero-order chi connectivity index (χ0) is 15.8. The molecule has 9 heteroatoms. The highest BCUT2D eigenvalue weighted by atomic mass is 32.2. The first-order valence-electron chi connectivity index (χ1n) is 6.08. The van der Waals surface area contributed by atoms with E-state index in [-0.39, 0.29) is 0 Å². The van der Waals surface area contributed by atoms with Crippen LogP contribution in [0.2, 0.25) is 0 Å². The van der Waals surface area contributed by atoms with Gasteiger partial charge in [0, 0.05) is 0 Å². The predicted molar refractivity (Wildman–Crippen MR) is 67.3 cm³/mol. The van der Waals surface area contributed by atoms with Crippen molar-refractivity contribution < 1.29 is 32.2 Å². The number of hydrogen-bond donors (Lipinski definition) is 3. The van der Waals surface area contributed by atoms with Crippen LogP contribution in [0.15, 0.2) is 17.0 Å². The summed E-state index contributed by atoms with van der Waals surface area (Å²) in [6, 6.07) is 0.953. The zero-order valence-electron chi connectivity index (χ0n) is 10.8. The molecule has 0 heterocycles. The first-order valence-corrected chi connectivity index (χ1v) is 7.56. The van der Waals surface area contributed by atoms with E-state index in [1.54, 1.807) is 0 Å². The van der Waals surface area contributed by atoms with E-state index in [4.69, 9.17) is 5.11 Å². The van der Waals surface area contributed by atoms with Crippen LogP contribution < -0.4 is 4.72 Å². The lowest BCUT2D eigenvalue weighted by Crippen LogP contribution is -2.56. The molecular formula is C12H13F2NO5S. The maximum absolute atomic E-state index is 13.7. The lowest BCUT2D eigenvalue weighted by Gasteiger charge is -2.40. The molecule has 1 fully saturated rings. The van der Waals surface area contributed by atoms with Crippen LogP contribution in [-0.4, -0.2) is 36.7 Å². The molecule has 1 aromatic rings. The lowest BCUT2D eigenvalue weighted by molar-refractivity contribution is 0.0696. The number of aliphatic hydroxyl groups excluding tert-OH is 1. The molecule has 0 amide bonds. The molecule has 0 saturated heterocycles. The number of benzene rings is 1. The van der Waals surface area contributed by atoms with E-state index in [2.05, 4.69) is 4.72 Å². The van der Waals surface area contributed by atoms with Gasteiger partial charge in [-0.1, -0.05) is 0 Å². The molecule has 2 rings (SSSR count). The van der Waals surface area contributed by atoms with Gasteiger partial charge >= 0.3 is 5.97 Å². The van der Waals surface area contributed by atoms with Gasteiger partial charge in [-0.2, -0.15) is 0 Å². The molecule has 6 nitrogen and oxygen atoms in total. The Bertz CT molecular complexity index is 680. The zero-order valence-corrected chi connectivity index (χ0v) is 11.6. The van der Waals surface area contributed by atoms with Crippen LogP contribution in [0.1, 0.15) is 29.6 Å². The van der Waals surface area contributed by atoms with Crippen molar-refractivity contribution in [1.29, 1.82) is 0 Å². The lowest BCUT2D eigenvalue weighted by atomic mass is 9.78. The van der Waals surface area contributed by atoms with E-state index >= 15 is 0 Å². The fraction of sp³-hybridized carbons (Fsp3) is 0.417. The van der Waals surface area contributed by atoms with Crippen molar-refractivity contribution in [3.63, 3.8) is 0 Å². The Morgan fingerprint density at radius 1 is 1.33 bits per heavy atom. The van der Waals surface area contributed by atoms with Gasteiger partial charge in [-0.25, -0.2) is 26.7 Å². The van der Waals surface area contributed by atoms with Crippen molar-refractivity contribution in [2.45, 2.75) is 29.7 Å². The van der Waals surface area contributed by atoms with Gasteiger partial charge in [-0.15, -0.1) is 0 Å². The molecule has 3 N–H and O–H groups in total. The number of rotatable bonds is 5. The van der Waals surface area contributed by atoms with E-state index in [1.165, 1.54) is 0 Å². The van der Waals surface area contributed by atoms with Crippen LogP contribution in [-0.2, 0) is 10.0 Å². The molecule has 0 radical (unpaired) electrons. The standard InChI is InChI=1S/C12H13F2NO5S/c13-8-4-7(11(17)18)5-9(10(8)14)21(19,20)15-12(6-16)2-1-3-12/h4-5,15-16H,1-3,6H2,(H,17,18). The Balaban J connectivity index is 2.46. The van der Waals surface area contributed by atoms with Crippen molar-refractivity contribution >= 4 is 16.0 Å². The second-order valence-electron chi connectivity index (χ2n) is 4.97. The molecule has 116 valence electrons. The summed E-state index contributed by atoms with van der Waals surface area (Å²) in [6.07, 6.45) is 1.42. The number of hydrogen-bond acceptors (Lipinski definition) is 4. The largest absolute Gasteiger partial charge is 0.478 e. The summed E-state index contributed by atoms with van der Waals surface area (Å²) in [7, 11) is -4.49. The first-order chi connectivity index (χ1) is 9.71. The average Bonchev–Trinajstić information content (AvgIpc) is 2.36. The predicted octanol–water partition coefficient (Wildman–Crippen LogP) is 0.856. The molecule has 0 aliphatic heterocycles. The van der Waals surface area contributed by atoms with Gasteiger partial charge in [0.1, 0.15) is 4.90 Å². The van der Waals surface area contributed by atoms with Crippen LogP contribution in [0.4, 0.5) is 8.78 Å². The summed E-state index contributed by atoms with van der Waals surface area (Å²) in [4.78, 5) is 9.72.